The monoisotopic (exact) mass is 259 g/mol. The lowest BCUT2D eigenvalue weighted by Gasteiger charge is -2.04. The highest BCUT2D eigenvalue weighted by molar-refractivity contribution is 5.60. The summed E-state index contributed by atoms with van der Waals surface area (Å²) in [6, 6.07) is 14.1. The number of ether oxygens (including phenoxy) is 1. The molecule has 0 amide bonds. The van der Waals surface area contributed by atoms with Crippen molar-refractivity contribution in [1.29, 1.82) is 0 Å². The van der Waals surface area contributed by atoms with Gasteiger partial charge < -0.3 is 14.6 Å². The molecule has 2 rings (SSSR count). The molecule has 0 bridgehead atoms. The van der Waals surface area contributed by atoms with Gasteiger partial charge in [-0.15, -0.1) is 0 Å². The van der Waals surface area contributed by atoms with Gasteiger partial charge in [0.2, 0.25) is 0 Å². The first-order valence-corrected chi connectivity index (χ1v) is 5.87. The molecule has 1 aromatic carbocycles. The first-order valence-electron chi connectivity index (χ1n) is 5.87. The van der Waals surface area contributed by atoms with Crippen molar-refractivity contribution in [2.75, 3.05) is 0 Å². The van der Waals surface area contributed by atoms with Crippen LogP contribution in [0.3, 0.4) is 0 Å². The van der Waals surface area contributed by atoms with Crippen LogP contribution < -0.4 is 14.4 Å². The van der Waals surface area contributed by atoms with Crippen molar-refractivity contribution in [1.82, 2.24) is 0 Å². The highest BCUT2D eigenvalue weighted by Crippen LogP contribution is 2.09. The summed E-state index contributed by atoms with van der Waals surface area (Å²) in [5, 5.41) is 8.89. The molecule has 0 atom stereocenters. The van der Waals surface area contributed by atoms with Crippen LogP contribution in [0.2, 0.25) is 0 Å². The van der Waals surface area contributed by atoms with Crippen molar-refractivity contribution in [3.05, 3.63) is 60.4 Å². The van der Waals surface area contributed by atoms with Crippen molar-refractivity contribution in [3.63, 3.8) is 0 Å². The Hall–Kier alpha value is -2.36. The maximum atomic E-state index is 8.89. The molecule has 1 heterocycles. The molecule has 0 radical (unpaired) electrons. The van der Waals surface area contributed by atoms with Gasteiger partial charge in [-0.1, -0.05) is 30.3 Å². The summed E-state index contributed by atoms with van der Waals surface area (Å²) in [6.45, 7) is 1.59. The van der Waals surface area contributed by atoms with Crippen LogP contribution >= 0.6 is 0 Å². The predicted molar refractivity (Wildman–Crippen MR) is 69.1 cm³/mol. The Morgan fingerprint density at radius 2 is 1.68 bits per heavy atom. The average molecular weight is 259 g/mol. The van der Waals surface area contributed by atoms with Crippen LogP contribution in [-0.2, 0) is 18.4 Å². The summed E-state index contributed by atoms with van der Waals surface area (Å²) in [4.78, 5) is 8.89. The first kappa shape index (κ1) is 14.7. The Morgan fingerprint density at radius 1 is 1.16 bits per heavy atom. The van der Waals surface area contributed by atoms with Gasteiger partial charge in [0.25, 0.3) is 0 Å². The van der Waals surface area contributed by atoms with Gasteiger partial charge >= 0.3 is 0 Å². The maximum absolute atomic E-state index is 8.89. The predicted octanol–water partition coefficient (Wildman–Crippen LogP) is 0.846. The zero-order valence-corrected chi connectivity index (χ0v) is 11.1. The number of nitrogens with zero attached hydrogens (tertiary/aromatic N) is 1. The Kier molecular flexibility index (Phi) is 6.09. The molecule has 4 nitrogen and oxygen atoms in total. The number of rotatable bonds is 3. The number of aromatic nitrogens is 1. The lowest BCUT2D eigenvalue weighted by Crippen LogP contribution is -2.25. The molecule has 100 valence electrons. The number of aryl methyl sites for hydroxylation is 1. The summed E-state index contributed by atoms with van der Waals surface area (Å²) < 4.78 is 7.62. The minimum atomic E-state index is -1.08. The molecule has 4 heteroatoms. The van der Waals surface area contributed by atoms with Crippen LogP contribution in [0.4, 0.5) is 0 Å². The van der Waals surface area contributed by atoms with Crippen LogP contribution in [0, 0.1) is 0 Å². The molecule has 0 aliphatic heterocycles. The molecule has 0 N–H and O–H groups in total. The minimum absolute atomic E-state index is 0.620. The number of carbonyl (C=O) groups excluding carboxylic acids is 1. The molecule has 19 heavy (non-hydrogen) atoms. The van der Waals surface area contributed by atoms with Crippen molar-refractivity contribution in [2.45, 2.75) is 13.5 Å². The lowest BCUT2D eigenvalue weighted by atomic mass is 10.2. The first-order chi connectivity index (χ1) is 9.08. The molecule has 0 spiro atoms. The van der Waals surface area contributed by atoms with Gasteiger partial charge in [-0.05, 0) is 12.5 Å². The van der Waals surface area contributed by atoms with E-state index < -0.39 is 5.97 Å². The number of aliphatic carboxylic acids is 1. The molecule has 0 saturated carbocycles. The lowest BCUT2D eigenvalue weighted by molar-refractivity contribution is -0.671. The molecule has 0 unspecified atom stereocenters. The van der Waals surface area contributed by atoms with Crippen molar-refractivity contribution >= 4 is 5.97 Å². The molecular weight excluding hydrogens is 242 g/mol. The van der Waals surface area contributed by atoms with Crippen LogP contribution in [0.5, 0.6) is 5.75 Å². The Balaban J connectivity index is 0.000000399. The second-order valence-electron chi connectivity index (χ2n) is 3.97. The van der Waals surface area contributed by atoms with E-state index in [0.717, 1.165) is 12.7 Å². The third-order valence-electron chi connectivity index (χ3n) is 2.20. The second-order valence-corrected chi connectivity index (χ2v) is 3.97. The number of pyridine rings is 1. The van der Waals surface area contributed by atoms with Crippen molar-refractivity contribution < 1.29 is 19.2 Å². The number of carboxylic acids is 1. The molecule has 0 saturated heterocycles. The number of hydrogen-bond donors (Lipinski definition) is 0. The van der Waals surface area contributed by atoms with Gasteiger partial charge in [0.1, 0.15) is 19.4 Å². The summed E-state index contributed by atoms with van der Waals surface area (Å²) in [6.07, 6.45) is 3.95. The van der Waals surface area contributed by atoms with E-state index in [4.69, 9.17) is 14.6 Å². The summed E-state index contributed by atoms with van der Waals surface area (Å²) in [5.41, 5.74) is 1.19. The molecule has 2 aromatic rings. The Labute approximate surface area is 112 Å². The molecule has 0 aliphatic carbocycles. The minimum Gasteiger partial charge on any atom is -0.550 e. The summed E-state index contributed by atoms with van der Waals surface area (Å²) in [7, 11) is 1.99. The van der Waals surface area contributed by atoms with E-state index in [1.165, 1.54) is 5.56 Å². The number of carboxylic acid groups (broad SMARTS) is 1. The number of hydrogen-bond acceptors (Lipinski definition) is 3. The fraction of sp³-hybridized carbons (Fsp3) is 0.200. The third kappa shape index (κ3) is 6.83. The fourth-order valence-electron chi connectivity index (χ4n) is 1.32. The average Bonchev–Trinajstić information content (AvgIpc) is 2.39. The van der Waals surface area contributed by atoms with Crippen molar-refractivity contribution in [2.24, 2.45) is 7.05 Å². The Bertz CT molecular complexity index is 491. The molecule has 1 aromatic heterocycles. The molecule has 0 aliphatic rings. The van der Waals surface area contributed by atoms with E-state index in [9.17, 15) is 0 Å². The topological polar surface area (TPSA) is 53.2 Å². The largest absolute Gasteiger partial charge is 0.550 e. The van der Waals surface area contributed by atoms with Gasteiger partial charge in [0.15, 0.2) is 12.4 Å². The maximum Gasteiger partial charge on any atom is 0.172 e. The quantitative estimate of drug-likeness (QED) is 0.768. The van der Waals surface area contributed by atoms with Gasteiger partial charge in [-0.3, -0.25) is 0 Å². The van der Waals surface area contributed by atoms with E-state index in [0.29, 0.717) is 6.61 Å². The highest BCUT2D eigenvalue weighted by atomic mass is 16.5. The van der Waals surface area contributed by atoms with E-state index in [1.807, 2.05) is 54.3 Å². The van der Waals surface area contributed by atoms with Gasteiger partial charge in [0, 0.05) is 18.1 Å². The van der Waals surface area contributed by atoms with Crippen molar-refractivity contribution in [3.8, 4) is 5.75 Å². The smallest absolute Gasteiger partial charge is 0.172 e. The fourth-order valence-corrected chi connectivity index (χ4v) is 1.32. The highest BCUT2D eigenvalue weighted by Gasteiger charge is 1.97. The van der Waals surface area contributed by atoms with E-state index in [2.05, 4.69) is 12.1 Å². The standard InChI is InChI=1S/C13H14NO.C2H4O2/c1-14-9-7-13(8-10-14)15-11-12-5-3-2-4-6-12;1-2(3)4/h2-10H,11H2,1H3;1H3,(H,3,4)/q+1;/p-1. The number of benzene rings is 1. The molecule has 0 fully saturated rings. The van der Waals surface area contributed by atoms with Gasteiger partial charge in [-0.25, -0.2) is 4.57 Å². The van der Waals surface area contributed by atoms with E-state index in [-0.39, 0.29) is 0 Å². The van der Waals surface area contributed by atoms with Crippen LogP contribution in [-0.4, -0.2) is 5.97 Å². The zero-order valence-electron chi connectivity index (χ0n) is 11.1. The zero-order chi connectivity index (χ0) is 14.1. The van der Waals surface area contributed by atoms with Gasteiger partial charge in [0.05, 0.1) is 0 Å². The van der Waals surface area contributed by atoms with Crippen LogP contribution in [0.15, 0.2) is 54.9 Å². The number of carbonyl (C=O) groups is 1. The van der Waals surface area contributed by atoms with Crippen LogP contribution in [0.1, 0.15) is 12.5 Å². The molecular formula is C15H17NO3. The summed E-state index contributed by atoms with van der Waals surface area (Å²) >= 11 is 0. The van der Waals surface area contributed by atoms with E-state index in [1.54, 1.807) is 0 Å². The Morgan fingerprint density at radius 3 is 2.21 bits per heavy atom. The van der Waals surface area contributed by atoms with Gasteiger partial charge in [-0.2, -0.15) is 0 Å². The SMILES string of the molecule is CC(=O)[O-].C[n+]1ccc(OCc2ccccc2)cc1. The van der Waals surface area contributed by atoms with Crippen LogP contribution in [0.25, 0.3) is 0 Å². The van der Waals surface area contributed by atoms with E-state index >= 15 is 0 Å². The third-order valence-corrected chi connectivity index (χ3v) is 2.20. The normalized spacial score (nSPS) is 9.16. The second kappa shape index (κ2) is 7.87. The summed E-state index contributed by atoms with van der Waals surface area (Å²) in [5.74, 6) is -0.183.